The number of halogens is 3. The Morgan fingerprint density at radius 2 is 1.81 bits per heavy atom. The molecule has 4 rings (SSSR count). The summed E-state index contributed by atoms with van der Waals surface area (Å²) in [5, 5.41) is 17.1. The van der Waals surface area contributed by atoms with Gasteiger partial charge in [0.1, 0.15) is 0 Å². The number of benzene rings is 2. The van der Waals surface area contributed by atoms with E-state index in [0.29, 0.717) is 11.4 Å². The van der Waals surface area contributed by atoms with Gasteiger partial charge in [0.05, 0.1) is 5.56 Å². The molecule has 0 amide bonds. The topological polar surface area (TPSA) is 56.3 Å². The van der Waals surface area contributed by atoms with Gasteiger partial charge in [0.2, 0.25) is 0 Å². The summed E-state index contributed by atoms with van der Waals surface area (Å²) in [4.78, 5) is 4.22. The third kappa shape index (κ3) is 4.43. The Kier molecular flexibility index (Phi) is 6.10. The second-order valence-electron chi connectivity index (χ2n) is 8.17. The molecule has 1 fully saturated rings. The highest BCUT2D eigenvalue weighted by molar-refractivity contribution is 6.00. The number of hydrogen-bond acceptors (Lipinski definition) is 6. The fourth-order valence-corrected chi connectivity index (χ4v) is 4.07. The van der Waals surface area contributed by atoms with Gasteiger partial charge in [-0.3, -0.25) is 0 Å². The van der Waals surface area contributed by atoms with Crippen LogP contribution in [0.2, 0.25) is 0 Å². The number of nitrogens with zero attached hydrogens (tertiary/aromatic N) is 4. The highest BCUT2D eigenvalue weighted by atomic mass is 19.4. The van der Waals surface area contributed by atoms with Crippen molar-refractivity contribution in [2.45, 2.75) is 19.6 Å². The van der Waals surface area contributed by atoms with Crippen LogP contribution in [-0.2, 0) is 12.7 Å². The Morgan fingerprint density at radius 1 is 1.06 bits per heavy atom. The van der Waals surface area contributed by atoms with Crippen molar-refractivity contribution in [3.63, 3.8) is 0 Å². The van der Waals surface area contributed by atoms with Crippen molar-refractivity contribution >= 4 is 28.1 Å². The molecule has 170 valence electrons. The SMILES string of the molecule is Cc1c(CNc2nnc(N(C)C)c3ccc(N4CCNCC4)cc23)cccc1C(F)(F)F. The smallest absolute Gasteiger partial charge is 0.369 e. The minimum Gasteiger partial charge on any atom is -0.369 e. The van der Waals surface area contributed by atoms with Crippen LogP contribution in [0.25, 0.3) is 10.8 Å². The molecule has 0 atom stereocenters. The maximum atomic E-state index is 13.3. The lowest BCUT2D eigenvalue weighted by Crippen LogP contribution is -2.43. The van der Waals surface area contributed by atoms with Gasteiger partial charge in [-0.05, 0) is 42.3 Å². The molecule has 2 heterocycles. The molecule has 1 aliphatic heterocycles. The Balaban J connectivity index is 1.70. The van der Waals surface area contributed by atoms with E-state index in [4.69, 9.17) is 0 Å². The molecule has 2 aromatic carbocycles. The van der Waals surface area contributed by atoms with Gasteiger partial charge in [0.25, 0.3) is 0 Å². The average Bonchev–Trinajstić information content (AvgIpc) is 2.77. The van der Waals surface area contributed by atoms with Crippen molar-refractivity contribution in [3.05, 3.63) is 53.1 Å². The molecule has 9 heteroatoms. The van der Waals surface area contributed by atoms with Crippen LogP contribution in [0.15, 0.2) is 36.4 Å². The first-order valence-corrected chi connectivity index (χ1v) is 10.6. The molecule has 6 nitrogen and oxygen atoms in total. The predicted molar refractivity (Wildman–Crippen MR) is 122 cm³/mol. The molecular weight excluding hydrogens is 417 g/mol. The minimum atomic E-state index is -4.38. The van der Waals surface area contributed by atoms with Crippen LogP contribution in [0.5, 0.6) is 0 Å². The summed E-state index contributed by atoms with van der Waals surface area (Å²) < 4.78 is 39.9. The van der Waals surface area contributed by atoms with Gasteiger partial charge in [-0.2, -0.15) is 13.2 Å². The zero-order chi connectivity index (χ0) is 22.9. The Morgan fingerprint density at radius 3 is 2.50 bits per heavy atom. The summed E-state index contributed by atoms with van der Waals surface area (Å²) in [6.45, 7) is 5.40. The van der Waals surface area contributed by atoms with Gasteiger partial charge in [0, 0.05) is 63.3 Å². The fraction of sp³-hybridized carbons (Fsp3) is 0.391. The first-order valence-electron chi connectivity index (χ1n) is 10.6. The van der Waals surface area contributed by atoms with Crippen molar-refractivity contribution < 1.29 is 13.2 Å². The van der Waals surface area contributed by atoms with Gasteiger partial charge in [-0.25, -0.2) is 0 Å². The lowest BCUT2D eigenvalue weighted by atomic mass is 10.0. The number of fused-ring (bicyclic) bond motifs is 1. The van der Waals surface area contributed by atoms with E-state index in [0.717, 1.165) is 54.5 Å². The number of hydrogen-bond donors (Lipinski definition) is 2. The maximum absolute atomic E-state index is 13.3. The summed E-state index contributed by atoms with van der Waals surface area (Å²) in [6, 6.07) is 10.5. The lowest BCUT2D eigenvalue weighted by molar-refractivity contribution is -0.138. The van der Waals surface area contributed by atoms with Gasteiger partial charge in [-0.15, -0.1) is 10.2 Å². The van der Waals surface area contributed by atoms with Crippen molar-refractivity contribution in [3.8, 4) is 0 Å². The van der Waals surface area contributed by atoms with E-state index in [1.54, 1.807) is 6.07 Å². The fourth-order valence-electron chi connectivity index (χ4n) is 4.07. The summed E-state index contributed by atoms with van der Waals surface area (Å²) in [5.41, 5.74) is 1.27. The van der Waals surface area contributed by atoms with Gasteiger partial charge >= 0.3 is 6.18 Å². The van der Waals surface area contributed by atoms with E-state index in [-0.39, 0.29) is 12.1 Å². The predicted octanol–water partition coefficient (Wildman–Crippen LogP) is 4.04. The van der Waals surface area contributed by atoms with E-state index >= 15 is 0 Å². The summed E-state index contributed by atoms with van der Waals surface area (Å²) in [5.74, 6) is 1.30. The zero-order valence-corrected chi connectivity index (χ0v) is 18.4. The molecule has 1 aromatic heterocycles. The first kappa shape index (κ1) is 22.1. The van der Waals surface area contributed by atoms with Crippen molar-refractivity contribution in [2.75, 3.05) is 55.4 Å². The largest absolute Gasteiger partial charge is 0.416 e. The first-order chi connectivity index (χ1) is 15.3. The number of alkyl halides is 3. The number of nitrogens with one attached hydrogen (secondary N) is 2. The quantitative estimate of drug-likeness (QED) is 0.620. The molecule has 0 unspecified atom stereocenters. The van der Waals surface area contributed by atoms with Crippen LogP contribution in [-0.4, -0.2) is 50.5 Å². The molecule has 0 radical (unpaired) electrons. The van der Waals surface area contributed by atoms with Crippen LogP contribution in [0.1, 0.15) is 16.7 Å². The van der Waals surface area contributed by atoms with Crippen LogP contribution >= 0.6 is 0 Å². The third-order valence-electron chi connectivity index (χ3n) is 5.85. The van der Waals surface area contributed by atoms with Gasteiger partial charge in [-0.1, -0.05) is 12.1 Å². The van der Waals surface area contributed by atoms with Crippen molar-refractivity contribution in [2.24, 2.45) is 0 Å². The van der Waals surface area contributed by atoms with Crippen molar-refractivity contribution in [1.82, 2.24) is 15.5 Å². The molecule has 0 bridgehead atoms. The lowest BCUT2D eigenvalue weighted by Gasteiger charge is -2.30. The minimum absolute atomic E-state index is 0.219. The van der Waals surface area contributed by atoms with Crippen LogP contribution in [0.4, 0.5) is 30.5 Å². The molecule has 0 aliphatic carbocycles. The second kappa shape index (κ2) is 8.82. The van der Waals surface area contributed by atoms with E-state index in [1.165, 1.54) is 13.0 Å². The standard InChI is InChI=1S/C23H27F3N6/c1-15-16(5-4-6-20(15)23(24,25)26)14-28-21-19-13-17(32-11-9-27-10-12-32)7-8-18(19)22(30-29-21)31(2)3/h4-8,13,27H,9-12,14H2,1-3H3,(H,28,29). The summed E-state index contributed by atoms with van der Waals surface area (Å²) in [6.07, 6.45) is -4.38. The van der Waals surface area contributed by atoms with Crippen molar-refractivity contribution in [1.29, 1.82) is 0 Å². The van der Waals surface area contributed by atoms with Crippen LogP contribution in [0.3, 0.4) is 0 Å². The monoisotopic (exact) mass is 444 g/mol. The number of rotatable bonds is 5. The molecule has 1 aliphatic rings. The Labute approximate surface area is 185 Å². The third-order valence-corrected chi connectivity index (χ3v) is 5.85. The van der Waals surface area contributed by atoms with E-state index in [1.807, 2.05) is 25.1 Å². The molecule has 32 heavy (non-hydrogen) atoms. The van der Waals surface area contributed by atoms with E-state index < -0.39 is 11.7 Å². The number of aromatic nitrogens is 2. The summed E-state index contributed by atoms with van der Waals surface area (Å²) >= 11 is 0. The van der Waals surface area contributed by atoms with Crippen LogP contribution in [0, 0.1) is 6.92 Å². The average molecular weight is 445 g/mol. The Bertz CT molecular complexity index is 1110. The number of anilines is 3. The normalized spacial score (nSPS) is 14.6. The van der Waals surface area contributed by atoms with E-state index in [2.05, 4.69) is 37.9 Å². The van der Waals surface area contributed by atoms with Gasteiger partial charge in [0.15, 0.2) is 11.6 Å². The second-order valence-corrected chi connectivity index (χ2v) is 8.17. The van der Waals surface area contributed by atoms with E-state index in [9.17, 15) is 13.2 Å². The van der Waals surface area contributed by atoms with Gasteiger partial charge < -0.3 is 20.4 Å². The molecular formula is C23H27F3N6. The zero-order valence-electron chi connectivity index (χ0n) is 18.4. The molecule has 0 saturated carbocycles. The Hall–Kier alpha value is -3.07. The molecule has 0 spiro atoms. The summed E-state index contributed by atoms with van der Waals surface area (Å²) in [7, 11) is 3.82. The maximum Gasteiger partial charge on any atom is 0.416 e. The highest BCUT2D eigenvalue weighted by Gasteiger charge is 2.32. The molecule has 2 N–H and O–H groups in total. The molecule has 1 saturated heterocycles. The van der Waals surface area contributed by atoms with Crippen LogP contribution < -0.4 is 20.4 Å². The molecule has 3 aromatic rings. The number of piperazine rings is 1. The highest BCUT2D eigenvalue weighted by Crippen LogP contribution is 2.34.